The summed E-state index contributed by atoms with van der Waals surface area (Å²) in [6.07, 6.45) is 0.887. The summed E-state index contributed by atoms with van der Waals surface area (Å²) in [7, 11) is 0. The number of rotatable bonds is 8. The normalized spacial score (nSPS) is 11.6. The Kier molecular flexibility index (Phi) is 9.22. The fourth-order valence-corrected chi connectivity index (χ4v) is 2.30. The van der Waals surface area contributed by atoms with Gasteiger partial charge in [-0.25, -0.2) is 9.59 Å². The van der Waals surface area contributed by atoms with Gasteiger partial charge in [0.2, 0.25) is 0 Å². The first-order valence-corrected chi connectivity index (χ1v) is 10.1. The molecule has 164 valence electrons. The molecule has 0 aliphatic carbocycles. The van der Waals surface area contributed by atoms with Gasteiger partial charge >= 0.3 is 12.2 Å². The van der Waals surface area contributed by atoms with E-state index in [1.54, 1.807) is 38.1 Å². The van der Waals surface area contributed by atoms with Crippen LogP contribution in [-0.2, 0) is 16.1 Å². The summed E-state index contributed by atoms with van der Waals surface area (Å²) in [6, 6.07) is 14.9. The Morgan fingerprint density at radius 3 is 1.39 bits per heavy atom. The van der Waals surface area contributed by atoms with Crippen LogP contribution in [0.1, 0.15) is 51.7 Å². The van der Waals surface area contributed by atoms with Crippen molar-refractivity contribution in [3.8, 4) is 0 Å². The number of hydrogen-bond donors (Lipinski definition) is 2. The van der Waals surface area contributed by atoms with E-state index in [1.807, 2.05) is 38.1 Å². The summed E-state index contributed by atoms with van der Waals surface area (Å²) in [5.74, 6) is 0. The molecule has 31 heavy (non-hydrogen) atoms. The zero-order chi connectivity index (χ0) is 22.6. The van der Waals surface area contributed by atoms with E-state index >= 15 is 0 Å². The average molecular weight is 425 g/mol. The minimum absolute atomic E-state index is 0.622. The molecule has 0 saturated carbocycles. The molecule has 0 fully saturated rings. The number of carbonyl (C=O) groups excluding carboxylic acids is 2. The summed E-state index contributed by atoms with van der Waals surface area (Å²) in [6.45, 7) is 7.45. The number of carbonyl (C=O) groups is 2. The Balaban J connectivity index is 1.86. The van der Waals surface area contributed by atoms with Crippen LogP contribution in [0.4, 0.5) is 21.0 Å². The average Bonchev–Trinajstić information content (AvgIpc) is 2.78. The lowest BCUT2D eigenvalue weighted by molar-refractivity contribution is 0.165. The van der Waals surface area contributed by atoms with Crippen molar-refractivity contribution in [2.45, 2.75) is 47.0 Å². The summed E-state index contributed by atoms with van der Waals surface area (Å²) >= 11 is 0. The van der Waals surface area contributed by atoms with Crippen molar-refractivity contribution in [2.75, 3.05) is 10.6 Å². The van der Waals surface area contributed by atoms with Gasteiger partial charge in [-0.2, -0.15) is 0 Å². The van der Waals surface area contributed by atoms with Gasteiger partial charge < -0.3 is 0 Å². The van der Waals surface area contributed by atoms with Crippen molar-refractivity contribution in [2.24, 2.45) is 10.3 Å². The van der Waals surface area contributed by atoms with Gasteiger partial charge in [-0.15, -0.1) is 0 Å². The summed E-state index contributed by atoms with van der Waals surface area (Å²) in [5, 5.41) is 12.7. The minimum Gasteiger partial charge on any atom is -0.298 e. The highest BCUT2D eigenvalue weighted by Gasteiger charge is 2.05. The van der Waals surface area contributed by atoms with Gasteiger partial charge in [-0.05, 0) is 68.5 Å². The molecule has 2 rings (SSSR count). The maximum absolute atomic E-state index is 11.7. The Bertz CT molecular complexity index is 858. The first kappa shape index (κ1) is 23.6. The molecular weight excluding hydrogens is 396 g/mol. The lowest BCUT2D eigenvalue weighted by Crippen LogP contribution is -2.11. The van der Waals surface area contributed by atoms with Gasteiger partial charge in [-0.1, -0.05) is 48.4 Å². The molecule has 0 aliphatic rings. The van der Waals surface area contributed by atoms with E-state index in [2.05, 4.69) is 20.9 Å². The van der Waals surface area contributed by atoms with E-state index in [9.17, 15) is 9.59 Å². The first-order chi connectivity index (χ1) is 14.9. The quantitative estimate of drug-likeness (QED) is 0.311. The standard InChI is InChI=1S/C23H28N4O4/c1-5-16(3)26-30-22(28)24-20-11-7-18(8-12-20)15-19-9-13-21(14-10-19)25-23(29)31-27-17(4)6-2/h7-14H,5-6,15H2,1-4H3,(H,24,28)(H,25,29)/b26-16-,27-17+. The fourth-order valence-electron chi connectivity index (χ4n) is 2.30. The van der Waals surface area contributed by atoms with Gasteiger partial charge in [0.05, 0.1) is 11.4 Å². The third kappa shape index (κ3) is 8.69. The number of nitrogens with one attached hydrogen (secondary N) is 2. The second-order valence-electron chi connectivity index (χ2n) is 6.94. The predicted octanol–water partition coefficient (Wildman–Crippen LogP) is 5.95. The maximum Gasteiger partial charge on any atom is 0.437 e. The molecule has 0 aliphatic heterocycles. The summed E-state index contributed by atoms with van der Waals surface area (Å²) < 4.78 is 0. The van der Waals surface area contributed by atoms with Crippen LogP contribution in [0.3, 0.4) is 0 Å². The highest BCUT2D eigenvalue weighted by atomic mass is 16.7. The van der Waals surface area contributed by atoms with Crippen LogP contribution in [0, 0.1) is 0 Å². The van der Waals surface area contributed by atoms with Gasteiger partial charge in [0.15, 0.2) is 0 Å². The Morgan fingerprint density at radius 1 is 0.710 bits per heavy atom. The number of hydrogen-bond acceptors (Lipinski definition) is 6. The van der Waals surface area contributed by atoms with Crippen molar-refractivity contribution in [1.82, 2.24) is 0 Å². The van der Waals surface area contributed by atoms with Gasteiger partial charge in [0.25, 0.3) is 0 Å². The zero-order valence-electron chi connectivity index (χ0n) is 18.3. The Labute approximate surface area is 182 Å². The molecule has 0 saturated heterocycles. The molecule has 2 N–H and O–H groups in total. The lowest BCUT2D eigenvalue weighted by atomic mass is 10.0. The number of anilines is 2. The van der Waals surface area contributed by atoms with Gasteiger partial charge in [0, 0.05) is 11.4 Å². The second kappa shape index (κ2) is 12.1. The number of benzene rings is 2. The second-order valence-corrected chi connectivity index (χ2v) is 6.94. The van der Waals surface area contributed by atoms with E-state index in [0.717, 1.165) is 35.4 Å². The van der Waals surface area contributed by atoms with E-state index in [1.165, 1.54) is 0 Å². The molecule has 0 heterocycles. The largest absolute Gasteiger partial charge is 0.437 e. The molecule has 0 radical (unpaired) electrons. The maximum atomic E-state index is 11.7. The third-order valence-electron chi connectivity index (χ3n) is 4.40. The predicted molar refractivity (Wildman–Crippen MR) is 123 cm³/mol. The topological polar surface area (TPSA) is 101 Å². The molecule has 0 unspecified atom stereocenters. The van der Waals surface area contributed by atoms with Crippen LogP contribution in [0.25, 0.3) is 0 Å². The molecule has 0 bridgehead atoms. The molecule has 2 aromatic carbocycles. The molecule has 0 spiro atoms. The lowest BCUT2D eigenvalue weighted by Gasteiger charge is -2.07. The highest BCUT2D eigenvalue weighted by Crippen LogP contribution is 2.16. The van der Waals surface area contributed by atoms with Gasteiger partial charge in [-0.3, -0.25) is 20.3 Å². The molecule has 8 heteroatoms. The van der Waals surface area contributed by atoms with Crippen molar-refractivity contribution < 1.29 is 19.3 Å². The smallest absolute Gasteiger partial charge is 0.298 e. The van der Waals surface area contributed by atoms with Gasteiger partial charge in [0.1, 0.15) is 0 Å². The zero-order valence-corrected chi connectivity index (χ0v) is 18.3. The van der Waals surface area contributed by atoms with E-state index in [0.29, 0.717) is 17.8 Å². The molecule has 8 nitrogen and oxygen atoms in total. The first-order valence-electron chi connectivity index (χ1n) is 10.1. The summed E-state index contributed by atoms with van der Waals surface area (Å²) in [5.41, 5.74) is 4.87. The fraction of sp³-hybridized carbons (Fsp3) is 0.304. The molecular formula is C23H28N4O4. The number of oxime groups is 2. The monoisotopic (exact) mass is 424 g/mol. The Morgan fingerprint density at radius 2 is 1.06 bits per heavy atom. The molecule has 0 atom stereocenters. The van der Waals surface area contributed by atoms with Crippen LogP contribution in [-0.4, -0.2) is 23.6 Å². The van der Waals surface area contributed by atoms with Crippen molar-refractivity contribution in [3.05, 3.63) is 59.7 Å². The van der Waals surface area contributed by atoms with Crippen LogP contribution >= 0.6 is 0 Å². The minimum atomic E-state index is -0.627. The molecule has 2 aromatic rings. The van der Waals surface area contributed by atoms with E-state index in [-0.39, 0.29) is 0 Å². The number of amides is 2. The summed E-state index contributed by atoms with van der Waals surface area (Å²) in [4.78, 5) is 33.0. The van der Waals surface area contributed by atoms with Crippen LogP contribution < -0.4 is 10.6 Å². The third-order valence-corrected chi connectivity index (χ3v) is 4.40. The van der Waals surface area contributed by atoms with Crippen molar-refractivity contribution >= 4 is 35.0 Å². The number of nitrogens with zero attached hydrogens (tertiary/aromatic N) is 2. The van der Waals surface area contributed by atoms with Crippen molar-refractivity contribution in [3.63, 3.8) is 0 Å². The molecule has 0 aromatic heterocycles. The van der Waals surface area contributed by atoms with E-state index < -0.39 is 12.2 Å². The molecule has 2 amide bonds. The van der Waals surface area contributed by atoms with Crippen molar-refractivity contribution in [1.29, 1.82) is 0 Å². The highest BCUT2D eigenvalue weighted by molar-refractivity contribution is 5.87. The van der Waals surface area contributed by atoms with Crippen LogP contribution in [0.5, 0.6) is 0 Å². The van der Waals surface area contributed by atoms with E-state index in [4.69, 9.17) is 9.68 Å². The Hall–Kier alpha value is -3.68. The SMILES string of the molecule is CC/C(C)=N\OC(=O)Nc1ccc(Cc2ccc(NC(=O)O/N=C(\C)CC)cc2)cc1. The van der Waals surface area contributed by atoms with Crippen LogP contribution in [0.15, 0.2) is 58.8 Å². The van der Waals surface area contributed by atoms with Crippen LogP contribution in [0.2, 0.25) is 0 Å².